The van der Waals surface area contributed by atoms with E-state index in [4.69, 9.17) is 4.74 Å². The second-order valence-corrected chi connectivity index (χ2v) is 10.2. The van der Waals surface area contributed by atoms with Gasteiger partial charge in [-0.1, -0.05) is 31.9 Å². The third kappa shape index (κ3) is 2.91. The number of fused-ring (bicyclic) bond motifs is 5. The molecule has 0 saturated heterocycles. The second-order valence-electron chi connectivity index (χ2n) is 10.2. The minimum Gasteiger partial charge on any atom is -0.462 e. The zero-order valence-electron chi connectivity index (χ0n) is 17.7. The van der Waals surface area contributed by atoms with Gasteiger partial charge in [-0.25, -0.2) is 0 Å². The number of carbonyl (C=O) groups is 2. The summed E-state index contributed by atoms with van der Waals surface area (Å²) in [5.74, 6) is 1.37. The van der Waals surface area contributed by atoms with Crippen LogP contribution in [0.25, 0.3) is 0 Å². The molecule has 0 amide bonds. The molecular formula is C24H34O4. The Hall–Kier alpha value is -1.42. The molecule has 0 heterocycles. The molecule has 4 aliphatic rings. The molecule has 4 heteroatoms. The predicted octanol–water partition coefficient (Wildman–Crippen LogP) is 4.22. The quantitative estimate of drug-likeness (QED) is 0.570. The number of hydrogen-bond donors (Lipinski definition) is 1. The molecule has 0 bridgehead atoms. The van der Waals surface area contributed by atoms with Crippen LogP contribution in [0.2, 0.25) is 0 Å². The first-order chi connectivity index (χ1) is 13.2. The summed E-state index contributed by atoms with van der Waals surface area (Å²) >= 11 is 0. The summed E-state index contributed by atoms with van der Waals surface area (Å²) in [4.78, 5) is 23.4. The van der Waals surface area contributed by atoms with E-state index < -0.39 is 0 Å². The molecular weight excluding hydrogens is 352 g/mol. The number of rotatable bonds is 2. The fourth-order valence-electron chi connectivity index (χ4n) is 7.47. The Morgan fingerprint density at radius 1 is 1.25 bits per heavy atom. The van der Waals surface area contributed by atoms with Crippen molar-refractivity contribution in [3.63, 3.8) is 0 Å². The average Bonchev–Trinajstić information content (AvgIpc) is 2.92. The third-order valence-corrected chi connectivity index (χ3v) is 8.67. The van der Waals surface area contributed by atoms with Crippen molar-refractivity contribution in [3.8, 4) is 0 Å². The first-order valence-electron chi connectivity index (χ1n) is 10.9. The Balaban J connectivity index is 1.64. The molecule has 4 rings (SSSR count). The summed E-state index contributed by atoms with van der Waals surface area (Å²) in [6.45, 7) is 8.42. The monoisotopic (exact) mass is 386 g/mol. The van der Waals surface area contributed by atoms with E-state index in [1.807, 2.05) is 13.0 Å². The normalized spacial score (nSPS) is 46.5. The first-order valence-corrected chi connectivity index (χ1v) is 10.9. The van der Waals surface area contributed by atoms with Crippen LogP contribution < -0.4 is 0 Å². The molecule has 0 radical (unpaired) electrons. The summed E-state index contributed by atoms with van der Waals surface area (Å²) in [6.07, 6.45) is 9.53. The van der Waals surface area contributed by atoms with Gasteiger partial charge in [0.25, 0.3) is 0 Å². The molecule has 7 atom stereocenters. The molecule has 0 aliphatic heterocycles. The van der Waals surface area contributed by atoms with E-state index in [-0.39, 0.29) is 40.5 Å². The van der Waals surface area contributed by atoms with Crippen LogP contribution in [0, 0.1) is 34.5 Å². The number of hydrogen-bond acceptors (Lipinski definition) is 4. The Kier molecular flexibility index (Phi) is 4.85. The smallest absolute Gasteiger partial charge is 0.302 e. The van der Waals surface area contributed by atoms with E-state index in [1.165, 1.54) is 18.1 Å². The van der Waals surface area contributed by atoms with E-state index in [0.717, 1.165) is 38.5 Å². The molecule has 0 aromatic rings. The third-order valence-electron chi connectivity index (χ3n) is 8.67. The van der Waals surface area contributed by atoms with Crippen LogP contribution in [0.15, 0.2) is 23.3 Å². The zero-order valence-corrected chi connectivity index (χ0v) is 17.7. The van der Waals surface area contributed by atoms with Gasteiger partial charge in [0.05, 0.1) is 6.10 Å². The van der Waals surface area contributed by atoms with E-state index in [0.29, 0.717) is 18.4 Å². The van der Waals surface area contributed by atoms with Crippen molar-refractivity contribution in [2.75, 3.05) is 6.61 Å². The van der Waals surface area contributed by atoms with Gasteiger partial charge < -0.3 is 9.84 Å². The summed E-state index contributed by atoms with van der Waals surface area (Å²) < 4.78 is 5.15. The average molecular weight is 387 g/mol. The van der Waals surface area contributed by atoms with Crippen molar-refractivity contribution in [2.45, 2.75) is 72.3 Å². The van der Waals surface area contributed by atoms with Crippen molar-refractivity contribution in [1.29, 1.82) is 0 Å². The van der Waals surface area contributed by atoms with Crippen LogP contribution in [-0.4, -0.2) is 29.6 Å². The number of esters is 1. The summed E-state index contributed by atoms with van der Waals surface area (Å²) in [7, 11) is 0. The maximum Gasteiger partial charge on any atom is 0.302 e. The Morgan fingerprint density at radius 3 is 2.71 bits per heavy atom. The number of carbonyl (C=O) groups excluding carboxylic acids is 2. The van der Waals surface area contributed by atoms with Gasteiger partial charge in [0.1, 0.15) is 6.61 Å². The van der Waals surface area contributed by atoms with Crippen LogP contribution in [0.1, 0.15) is 66.2 Å². The van der Waals surface area contributed by atoms with Gasteiger partial charge in [0.2, 0.25) is 0 Å². The van der Waals surface area contributed by atoms with Gasteiger partial charge in [-0.3, -0.25) is 9.59 Å². The Bertz CT molecular complexity index is 750. The number of ketones is 1. The van der Waals surface area contributed by atoms with E-state index in [9.17, 15) is 14.7 Å². The minimum absolute atomic E-state index is 0.00554. The van der Waals surface area contributed by atoms with Crippen molar-refractivity contribution in [1.82, 2.24) is 0 Å². The van der Waals surface area contributed by atoms with E-state index >= 15 is 0 Å². The molecule has 4 nitrogen and oxygen atoms in total. The van der Waals surface area contributed by atoms with Crippen LogP contribution >= 0.6 is 0 Å². The lowest BCUT2D eigenvalue weighted by Gasteiger charge is -2.59. The molecule has 0 unspecified atom stereocenters. The van der Waals surface area contributed by atoms with Gasteiger partial charge >= 0.3 is 5.97 Å². The summed E-state index contributed by atoms with van der Waals surface area (Å²) in [6, 6.07) is 0. The second kappa shape index (κ2) is 6.83. The van der Waals surface area contributed by atoms with Crippen molar-refractivity contribution in [2.24, 2.45) is 34.5 Å². The molecule has 28 heavy (non-hydrogen) atoms. The number of aliphatic hydroxyl groups is 1. The highest BCUT2D eigenvalue weighted by Gasteiger charge is 2.61. The maximum atomic E-state index is 12.3. The van der Waals surface area contributed by atoms with Crippen molar-refractivity contribution >= 4 is 11.8 Å². The fraction of sp³-hybridized carbons (Fsp3) is 0.750. The van der Waals surface area contributed by atoms with Gasteiger partial charge in [0.15, 0.2) is 5.78 Å². The van der Waals surface area contributed by atoms with E-state index in [1.54, 1.807) is 0 Å². The first kappa shape index (κ1) is 19.9. The highest BCUT2D eigenvalue weighted by atomic mass is 16.5. The lowest BCUT2D eigenvalue weighted by molar-refractivity contribution is -0.139. The minimum atomic E-state index is -0.351. The molecule has 0 aromatic carbocycles. The molecule has 1 N–H and O–H groups in total. The summed E-state index contributed by atoms with van der Waals surface area (Å²) in [5.41, 5.74) is 2.58. The standard InChI is InChI=1S/C24H34O4/c1-14-12-24(4)17(11-20(14)26)5-7-18-19-8-6-16(9-10-28-15(2)25)23(19,3)13-21(27)22(18)24/h9,11,14,18-19,21-22,27H,5-8,10,12-13H2,1-4H3/b16-9-/t14-,18+,19+,21+,22-,23-,24+/m1/s1. The fourth-order valence-corrected chi connectivity index (χ4v) is 7.47. The van der Waals surface area contributed by atoms with Gasteiger partial charge in [0, 0.05) is 12.8 Å². The topological polar surface area (TPSA) is 63.6 Å². The Labute approximate surface area is 168 Å². The molecule has 4 aliphatic carbocycles. The SMILES string of the molecule is CC(=O)OC/C=C1/CC[C@H]2[C@@H]3CCC4=CC(=O)[C@H](C)C[C@]4(C)[C@H]3[C@@H](O)C[C@]12C. The zero-order chi connectivity index (χ0) is 20.3. The highest BCUT2D eigenvalue weighted by Crippen LogP contribution is 2.66. The van der Waals surface area contributed by atoms with Crippen LogP contribution in [0.5, 0.6) is 0 Å². The van der Waals surface area contributed by atoms with Gasteiger partial charge in [-0.05, 0) is 79.3 Å². The van der Waals surface area contributed by atoms with Crippen LogP contribution in [0.3, 0.4) is 0 Å². The number of ether oxygens (including phenoxy) is 1. The highest BCUT2D eigenvalue weighted by molar-refractivity contribution is 5.93. The van der Waals surface area contributed by atoms with Crippen molar-refractivity contribution < 1.29 is 19.4 Å². The van der Waals surface area contributed by atoms with Crippen LogP contribution in [0.4, 0.5) is 0 Å². The molecule has 3 fully saturated rings. The maximum absolute atomic E-state index is 12.3. The lowest BCUT2D eigenvalue weighted by atomic mass is 9.46. The number of aliphatic hydroxyl groups excluding tert-OH is 1. The largest absolute Gasteiger partial charge is 0.462 e. The van der Waals surface area contributed by atoms with E-state index in [2.05, 4.69) is 19.9 Å². The molecule has 0 aromatic heterocycles. The van der Waals surface area contributed by atoms with Crippen molar-refractivity contribution in [3.05, 3.63) is 23.3 Å². The predicted molar refractivity (Wildman–Crippen MR) is 107 cm³/mol. The summed E-state index contributed by atoms with van der Waals surface area (Å²) in [5, 5.41) is 11.4. The lowest BCUT2D eigenvalue weighted by Crippen LogP contribution is -2.56. The number of allylic oxidation sites excluding steroid dienone is 2. The molecule has 154 valence electrons. The molecule has 3 saturated carbocycles. The van der Waals surface area contributed by atoms with Crippen LogP contribution in [-0.2, 0) is 14.3 Å². The molecule has 0 spiro atoms. The Morgan fingerprint density at radius 2 is 2.00 bits per heavy atom. The van der Waals surface area contributed by atoms with Gasteiger partial charge in [-0.2, -0.15) is 0 Å². The van der Waals surface area contributed by atoms with Gasteiger partial charge in [-0.15, -0.1) is 0 Å².